The fourth-order valence-electron chi connectivity index (χ4n) is 7.84. The number of rotatable bonds is 10. The minimum absolute atomic E-state index is 0.301. The number of piperidine rings is 1. The van der Waals surface area contributed by atoms with Crippen LogP contribution in [-0.4, -0.2) is 52.5 Å². The minimum atomic E-state index is -0.511. The maximum atomic E-state index is 13.6. The SMILES string of the molecule is C=Cc1c(/C=C\C)nc(-c2cc(C)c3nc(CCC)n(Cc4ccc(-c5ccccc5C(=O)OC5CC(C)(C)N(O)C(C)(C)C5)cc4)c3c2)n1C. The number of esters is 1. The predicted molar refractivity (Wildman–Crippen MR) is 207 cm³/mol. The van der Waals surface area contributed by atoms with Crippen molar-refractivity contribution in [3.8, 4) is 22.5 Å². The third kappa shape index (κ3) is 6.95. The number of hydroxylamine groups is 2. The number of carbonyl (C=O) groups is 1. The van der Waals surface area contributed by atoms with E-state index in [2.05, 4.69) is 66.0 Å². The van der Waals surface area contributed by atoms with E-state index >= 15 is 0 Å². The maximum Gasteiger partial charge on any atom is 0.339 e. The second-order valence-corrected chi connectivity index (χ2v) is 15.1. The molecule has 0 atom stereocenters. The van der Waals surface area contributed by atoms with Crippen LogP contribution in [0.5, 0.6) is 0 Å². The molecule has 0 saturated carbocycles. The molecule has 6 rings (SSSR count). The molecule has 2 aromatic heterocycles. The van der Waals surface area contributed by atoms with E-state index in [4.69, 9.17) is 14.7 Å². The van der Waals surface area contributed by atoms with Crippen molar-refractivity contribution in [1.82, 2.24) is 24.2 Å². The normalized spacial score (nSPS) is 16.3. The molecule has 1 aliphatic heterocycles. The number of hydrogen-bond acceptors (Lipinski definition) is 6. The molecule has 8 heteroatoms. The van der Waals surface area contributed by atoms with Gasteiger partial charge in [-0.1, -0.05) is 62.0 Å². The number of aromatic nitrogens is 4. The highest BCUT2D eigenvalue weighted by atomic mass is 16.5. The summed E-state index contributed by atoms with van der Waals surface area (Å²) in [6.07, 6.45) is 8.53. The Hall–Kier alpha value is -4.79. The second-order valence-electron chi connectivity index (χ2n) is 15.1. The number of ether oxygens (including phenoxy) is 1. The number of hydrogen-bond donors (Lipinski definition) is 1. The van der Waals surface area contributed by atoms with Gasteiger partial charge < -0.3 is 19.1 Å². The highest BCUT2D eigenvalue weighted by Gasteiger charge is 2.46. The molecule has 1 fully saturated rings. The van der Waals surface area contributed by atoms with Gasteiger partial charge in [-0.2, -0.15) is 5.06 Å². The average molecular weight is 686 g/mol. The Bertz CT molecular complexity index is 2100. The van der Waals surface area contributed by atoms with Gasteiger partial charge in [0.1, 0.15) is 17.8 Å². The molecule has 1 N–H and O–H groups in total. The van der Waals surface area contributed by atoms with E-state index in [1.54, 1.807) is 0 Å². The van der Waals surface area contributed by atoms with Crippen LogP contribution < -0.4 is 0 Å². The molecule has 3 aromatic carbocycles. The molecule has 0 unspecified atom stereocenters. The largest absolute Gasteiger partial charge is 0.459 e. The quantitative estimate of drug-likeness (QED) is 0.147. The van der Waals surface area contributed by atoms with Crippen LogP contribution in [0, 0.1) is 6.92 Å². The molecule has 0 spiro atoms. The molecule has 5 aromatic rings. The first-order chi connectivity index (χ1) is 24.3. The number of benzene rings is 3. The van der Waals surface area contributed by atoms with Gasteiger partial charge in [-0.3, -0.25) is 0 Å². The summed E-state index contributed by atoms with van der Waals surface area (Å²) in [5.74, 6) is 1.61. The number of aryl methyl sites for hydroxylation is 2. The number of nitrogens with zero attached hydrogens (tertiary/aromatic N) is 5. The maximum absolute atomic E-state index is 13.6. The van der Waals surface area contributed by atoms with Crippen molar-refractivity contribution in [2.75, 3.05) is 0 Å². The lowest BCUT2D eigenvalue weighted by molar-refractivity contribution is -0.256. The van der Waals surface area contributed by atoms with Crippen LogP contribution in [0.25, 0.3) is 45.7 Å². The van der Waals surface area contributed by atoms with Gasteiger partial charge in [0.2, 0.25) is 0 Å². The van der Waals surface area contributed by atoms with Crippen molar-refractivity contribution in [2.45, 2.75) is 97.9 Å². The molecular weight excluding hydrogens is 635 g/mol. The molecule has 0 bridgehead atoms. The van der Waals surface area contributed by atoms with Crippen LogP contribution in [0.15, 0.2) is 73.3 Å². The average Bonchev–Trinajstić information content (AvgIpc) is 3.60. The van der Waals surface area contributed by atoms with Crippen molar-refractivity contribution >= 4 is 29.2 Å². The van der Waals surface area contributed by atoms with Crippen LogP contribution in [0.2, 0.25) is 0 Å². The zero-order valence-electron chi connectivity index (χ0n) is 31.3. The molecule has 3 heterocycles. The number of imidazole rings is 2. The smallest absolute Gasteiger partial charge is 0.339 e. The van der Waals surface area contributed by atoms with Crippen LogP contribution in [-0.2, 0) is 24.8 Å². The Kier molecular flexibility index (Phi) is 9.95. The highest BCUT2D eigenvalue weighted by Crippen LogP contribution is 2.39. The fourth-order valence-corrected chi connectivity index (χ4v) is 7.84. The third-order valence-electron chi connectivity index (χ3n) is 10.2. The predicted octanol–water partition coefficient (Wildman–Crippen LogP) is 9.66. The van der Waals surface area contributed by atoms with E-state index in [1.165, 1.54) is 5.06 Å². The lowest BCUT2D eigenvalue weighted by Gasteiger charge is -2.50. The molecule has 266 valence electrons. The third-order valence-corrected chi connectivity index (χ3v) is 10.2. The van der Waals surface area contributed by atoms with Gasteiger partial charge in [-0.25, -0.2) is 14.8 Å². The molecule has 0 radical (unpaired) electrons. The summed E-state index contributed by atoms with van der Waals surface area (Å²) in [4.78, 5) is 23.8. The first-order valence-electron chi connectivity index (χ1n) is 18.0. The monoisotopic (exact) mass is 685 g/mol. The summed E-state index contributed by atoms with van der Waals surface area (Å²) in [5.41, 5.74) is 8.56. The Morgan fingerprint density at radius 3 is 2.35 bits per heavy atom. The first-order valence-corrected chi connectivity index (χ1v) is 18.0. The van der Waals surface area contributed by atoms with Gasteiger partial charge in [0.05, 0.1) is 28.0 Å². The number of allylic oxidation sites excluding steroid dienone is 1. The van der Waals surface area contributed by atoms with Crippen LogP contribution >= 0.6 is 0 Å². The van der Waals surface area contributed by atoms with E-state index in [1.807, 2.05) is 84.2 Å². The zero-order chi connectivity index (χ0) is 36.7. The van der Waals surface area contributed by atoms with Gasteiger partial charge in [0, 0.05) is 49.5 Å². The van der Waals surface area contributed by atoms with Crippen molar-refractivity contribution in [1.29, 1.82) is 0 Å². The van der Waals surface area contributed by atoms with E-state index in [-0.39, 0.29) is 12.1 Å². The molecule has 0 amide bonds. The fraction of sp³-hybridized carbons (Fsp3) is 0.372. The Morgan fingerprint density at radius 2 is 1.71 bits per heavy atom. The van der Waals surface area contributed by atoms with E-state index < -0.39 is 11.1 Å². The second kappa shape index (κ2) is 14.1. The van der Waals surface area contributed by atoms with Crippen molar-refractivity contribution < 1.29 is 14.7 Å². The molecule has 51 heavy (non-hydrogen) atoms. The Balaban J connectivity index is 1.30. The Morgan fingerprint density at radius 1 is 1.02 bits per heavy atom. The number of fused-ring (bicyclic) bond motifs is 1. The summed E-state index contributed by atoms with van der Waals surface area (Å²) >= 11 is 0. The Labute approximate surface area is 302 Å². The lowest BCUT2D eigenvalue weighted by Crippen LogP contribution is -2.60. The molecule has 8 nitrogen and oxygen atoms in total. The summed E-state index contributed by atoms with van der Waals surface area (Å²) in [5, 5.41) is 12.1. The van der Waals surface area contributed by atoms with Gasteiger partial charge >= 0.3 is 5.97 Å². The first kappa shape index (κ1) is 36.0. The summed E-state index contributed by atoms with van der Waals surface area (Å²) in [6, 6.07) is 20.5. The van der Waals surface area contributed by atoms with Gasteiger partial charge in [-0.05, 0) is 101 Å². The summed E-state index contributed by atoms with van der Waals surface area (Å²) in [7, 11) is 2.03. The highest BCUT2D eigenvalue weighted by molar-refractivity contribution is 5.97. The van der Waals surface area contributed by atoms with Crippen molar-refractivity contribution in [3.05, 3.63) is 107 Å². The standard InChI is InChI=1S/C43H51N5O3/c1-10-15-35-36(12-3)46(9)40(44-35)31-23-28(4)39-37(24-31)47(38(45-39)16-11-2)27-29-19-21-30(22-20-29)33-17-13-14-18-34(33)41(49)51-32-25-42(5,6)48(50)43(7,8)26-32/h10,12-15,17-24,32,50H,3,11,16,25-27H2,1-2,4-9H3/b15-10-. The van der Waals surface area contributed by atoms with E-state index in [0.29, 0.717) is 24.9 Å². The summed E-state index contributed by atoms with van der Waals surface area (Å²) < 4.78 is 10.5. The topological polar surface area (TPSA) is 85.4 Å². The van der Waals surface area contributed by atoms with Gasteiger partial charge in [-0.15, -0.1) is 0 Å². The van der Waals surface area contributed by atoms with Gasteiger partial charge in [0.15, 0.2) is 0 Å². The minimum Gasteiger partial charge on any atom is -0.459 e. The van der Waals surface area contributed by atoms with Gasteiger partial charge in [0.25, 0.3) is 0 Å². The van der Waals surface area contributed by atoms with Crippen LogP contribution in [0.3, 0.4) is 0 Å². The van der Waals surface area contributed by atoms with Crippen molar-refractivity contribution in [2.24, 2.45) is 7.05 Å². The lowest BCUT2D eigenvalue weighted by atomic mass is 9.80. The van der Waals surface area contributed by atoms with E-state index in [0.717, 1.165) is 74.7 Å². The molecule has 1 saturated heterocycles. The number of carbonyl (C=O) groups excluding carboxylic acids is 1. The van der Waals surface area contributed by atoms with Crippen LogP contribution in [0.4, 0.5) is 0 Å². The molecule has 1 aliphatic rings. The van der Waals surface area contributed by atoms with Crippen molar-refractivity contribution in [3.63, 3.8) is 0 Å². The van der Waals surface area contributed by atoms with E-state index in [9.17, 15) is 10.0 Å². The van der Waals surface area contributed by atoms with Crippen LogP contribution in [0.1, 0.15) is 99.5 Å². The zero-order valence-corrected chi connectivity index (χ0v) is 31.3. The summed E-state index contributed by atoms with van der Waals surface area (Å²) in [6.45, 7) is 18.9. The molecule has 0 aliphatic carbocycles. The molecular formula is C43H51N5O3.